The van der Waals surface area contributed by atoms with Crippen LogP contribution in [0.1, 0.15) is 18.4 Å². The van der Waals surface area contributed by atoms with Crippen molar-refractivity contribution in [3.8, 4) is 11.5 Å². The smallest absolute Gasteiger partial charge is 0.256 e. The molecule has 1 unspecified atom stereocenters. The Kier molecular flexibility index (Phi) is 7.04. The molecule has 1 atom stereocenters. The van der Waals surface area contributed by atoms with Crippen molar-refractivity contribution in [2.45, 2.75) is 25.0 Å². The first-order chi connectivity index (χ1) is 12.8. The first kappa shape index (κ1) is 21.0. The number of methoxy groups -OCH3 is 2. The fraction of sp³-hybridized carbons (Fsp3) is 0.579. The third kappa shape index (κ3) is 4.90. The van der Waals surface area contributed by atoms with E-state index < -0.39 is 5.60 Å². The van der Waals surface area contributed by atoms with Crippen LogP contribution in [0.25, 0.3) is 0 Å². The minimum absolute atomic E-state index is 0.102. The van der Waals surface area contributed by atoms with E-state index in [0.717, 1.165) is 5.56 Å². The van der Waals surface area contributed by atoms with Gasteiger partial charge in [-0.05, 0) is 26.0 Å². The molecule has 0 aliphatic carbocycles. The van der Waals surface area contributed by atoms with Crippen LogP contribution in [0.5, 0.6) is 11.5 Å². The Morgan fingerprint density at radius 1 is 1.37 bits per heavy atom. The van der Waals surface area contributed by atoms with Gasteiger partial charge in [0.15, 0.2) is 17.1 Å². The number of hydrogen-bond acceptors (Lipinski definition) is 6. The van der Waals surface area contributed by atoms with Gasteiger partial charge in [0.1, 0.15) is 0 Å². The summed E-state index contributed by atoms with van der Waals surface area (Å²) in [5.74, 6) is 0.684. The third-order valence-corrected chi connectivity index (χ3v) is 4.77. The fourth-order valence-electron chi connectivity index (χ4n) is 3.47. The number of nitrogens with one attached hydrogen (secondary N) is 1. The predicted molar refractivity (Wildman–Crippen MR) is 101 cm³/mol. The molecule has 8 nitrogen and oxygen atoms in total. The molecule has 0 radical (unpaired) electrons. The number of carbonyl (C=O) groups is 2. The summed E-state index contributed by atoms with van der Waals surface area (Å²) >= 11 is 0. The monoisotopic (exact) mass is 379 g/mol. The Balaban J connectivity index is 2.13. The van der Waals surface area contributed by atoms with E-state index in [1.54, 1.807) is 44.2 Å². The van der Waals surface area contributed by atoms with Gasteiger partial charge in [-0.15, -0.1) is 0 Å². The number of amides is 2. The first-order valence-electron chi connectivity index (χ1n) is 8.95. The summed E-state index contributed by atoms with van der Waals surface area (Å²) in [6.45, 7) is 1.10. The molecule has 27 heavy (non-hydrogen) atoms. The van der Waals surface area contributed by atoms with E-state index in [9.17, 15) is 14.7 Å². The van der Waals surface area contributed by atoms with Crippen molar-refractivity contribution in [3.63, 3.8) is 0 Å². The topological polar surface area (TPSA) is 91.3 Å². The van der Waals surface area contributed by atoms with Gasteiger partial charge in [0.2, 0.25) is 5.91 Å². The number of hydrogen-bond donors (Lipinski definition) is 2. The van der Waals surface area contributed by atoms with E-state index in [1.807, 2.05) is 12.1 Å². The predicted octanol–water partition coefficient (Wildman–Crippen LogP) is 0.235. The summed E-state index contributed by atoms with van der Waals surface area (Å²) in [7, 11) is 6.39. The van der Waals surface area contributed by atoms with Gasteiger partial charge in [0.25, 0.3) is 5.91 Å². The molecule has 0 saturated carbocycles. The molecule has 2 N–H and O–H groups in total. The lowest BCUT2D eigenvalue weighted by Crippen LogP contribution is -2.58. The van der Waals surface area contributed by atoms with Gasteiger partial charge in [-0.2, -0.15) is 0 Å². The second-order valence-electron chi connectivity index (χ2n) is 6.86. The maximum absolute atomic E-state index is 13.0. The lowest BCUT2D eigenvalue weighted by Gasteiger charge is -2.40. The number of piperidine rings is 1. The number of ether oxygens (including phenoxy) is 2. The standard InChI is InChI=1S/C19H29N3O5/c1-20-16(23)12-21(2)13-19(25)9-6-10-22(18(19)24)11-14-7-5-8-15(26-3)17(14)27-4/h5,7-8,25H,6,9-13H2,1-4H3,(H,20,23). The summed E-state index contributed by atoms with van der Waals surface area (Å²) in [6, 6.07) is 5.51. The molecule has 0 bridgehead atoms. The minimum Gasteiger partial charge on any atom is -0.493 e. The van der Waals surface area contributed by atoms with Gasteiger partial charge in [0, 0.05) is 32.2 Å². The Hall–Kier alpha value is -2.32. The zero-order valence-corrected chi connectivity index (χ0v) is 16.4. The van der Waals surface area contributed by atoms with E-state index in [0.29, 0.717) is 37.4 Å². The number of likely N-dealkylation sites (N-methyl/N-ethyl adjacent to an activating group) is 2. The molecular weight excluding hydrogens is 350 g/mol. The Morgan fingerprint density at radius 2 is 2.11 bits per heavy atom. The molecule has 1 aliphatic rings. The number of aliphatic hydroxyl groups is 1. The third-order valence-electron chi connectivity index (χ3n) is 4.77. The lowest BCUT2D eigenvalue weighted by atomic mass is 9.90. The number of carbonyl (C=O) groups excluding carboxylic acids is 2. The van der Waals surface area contributed by atoms with Crippen molar-refractivity contribution in [1.82, 2.24) is 15.1 Å². The largest absolute Gasteiger partial charge is 0.493 e. The summed E-state index contributed by atoms with van der Waals surface area (Å²) < 4.78 is 10.8. The first-order valence-corrected chi connectivity index (χ1v) is 8.95. The van der Waals surface area contributed by atoms with E-state index in [-0.39, 0.29) is 24.9 Å². The molecule has 1 heterocycles. The van der Waals surface area contributed by atoms with Crippen LogP contribution in [0.2, 0.25) is 0 Å². The maximum Gasteiger partial charge on any atom is 0.256 e. The number of nitrogens with zero attached hydrogens (tertiary/aromatic N) is 2. The van der Waals surface area contributed by atoms with Gasteiger partial charge in [-0.1, -0.05) is 12.1 Å². The molecule has 8 heteroatoms. The zero-order valence-electron chi connectivity index (χ0n) is 16.4. The maximum atomic E-state index is 13.0. The van der Waals surface area contributed by atoms with Crippen LogP contribution in [-0.4, -0.2) is 80.3 Å². The fourth-order valence-corrected chi connectivity index (χ4v) is 3.47. The van der Waals surface area contributed by atoms with Crippen molar-refractivity contribution < 1.29 is 24.2 Å². The number of likely N-dealkylation sites (tertiary alicyclic amines) is 1. The molecular formula is C19H29N3O5. The van der Waals surface area contributed by atoms with Crippen molar-refractivity contribution in [2.24, 2.45) is 0 Å². The van der Waals surface area contributed by atoms with Crippen molar-refractivity contribution in [2.75, 3.05) is 47.9 Å². The highest BCUT2D eigenvalue weighted by Gasteiger charge is 2.43. The molecule has 1 aliphatic heterocycles. The van der Waals surface area contributed by atoms with E-state index in [1.165, 1.54) is 0 Å². The molecule has 1 aromatic rings. The zero-order chi connectivity index (χ0) is 20.0. The average Bonchev–Trinajstić information content (AvgIpc) is 2.64. The van der Waals surface area contributed by atoms with Crippen LogP contribution in [0.15, 0.2) is 18.2 Å². The molecule has 1 aromatic carbocycles. The van der Waals surface area contributed by atoms with Gasteiger partial charge in [-0.25, -0.2) is 0 Å². The molecule has 1 saturated heterocycles. The van der Waals surface area contributed by atoms with E-state index >= 15 is 0 Å². The SMILES string of the molecule is CNC(=O)CN(C)CC1(O)CCCN(Cc2cccc(OC)c2OC)C1=O. The molecule has 150 valence electrons. The quantitative estimate of drug-likeness (QED) is 0.672. The van der Waals surface area contributed by atoms with Crippen LogP contribution in [0.3, 0.4) is 0 Å². The second-order valence-corrected chi connectivity index (χ2v) is 6.86. The van der Waals surface area contributed by atoms with Gasteiger partial charge in [-0.3, -0.25) is 14.5 Å². The second kappa shape index (κ2) is 9.05. The Morgan fingerprint density at radius 3 is 2.74 bits per heavy atom. The van der Waals surface area contributed by atoms with Crippen LogP contribution >= 0.6 is 0 Å². The summed E-state index contributed by atoms with van der Waals surface area (Å²) in [6.07, 6.45) is 1.05. The highest BCUT2D eigenvalue weighted by Crippen LogP contribution is 2.33. The molecule has 0 aromatic heterocycles. The molecule has 1 fully saturated rings. The number of benzene rings is 1. The summed E-state index contributed by atoms with van der Waals surface area (Å²) in [5, 5.41) is 13.5. The number of para-hydroxylation sites is 1. The molecule has 2 rings (SSSR count). The summed E-state index contributed by atoms with van der Waals surface area (Å²) in [5.41, 5.74) is -0.694. The van der Waals surface area contributed by atoms with Gasteiger partial charge < -0.3 is 24.8 Å². The number of rotatable bonds is 8. The lowest BCUT2D eigenvalue weighted by molar-refractivity contribution is -0.160. The molecule has 2 amide bonds. The van der Waals surface area contributed by atoms with Crippen LogP contribution in [0, 0.1) is 0 Å². The highest BCUT2D eigenvalue weighted by atomic mass is 16.5. The Labute approximate surface area is 160 Å². The van der Waals surface area contributed by atoms with Crippen molar-refractivity contribution in [1.29, 1.82) is 0 Å². The van der Waals surface area contributed by atoms with Crippen LogP contribution in [-0.2, 0) is 16.1 Å². The van der Waals surface area contributed by atoms with Crippen molar-refractivity contribution in [3.05, 3.63) is 23.8 Å². The van der Waals surface area contributed by atoms with Crippen molar-refractivity contribution >= 4 is 11.8 Å². The molecule has 0 spiro atoms. The van der Waals surface area contributed by atoms with Crippen LogP contribution < -0.4 is 14.8 Å². The van der Waals surface area contributed by atoms with E-state index in [4.69, 9.17) is 9.47 Å². The highest BCUT2D eigenvalue weighted by molar-refractivity contribution is 5.86. The van der Waals surface area contributed by atoms with Gasteiger partial charge >= 0.3 is 0 Å². The van der Waals surface area contributed by atoms with E-state index in [2.05, 4.69) is 5.32 Å². The average molecular weight is 379 g/mol. The minimum atomic E-state index is -1.51. The summed E-state index contributed by atoms with van der Waals surface area (Å²) in [4.78, 5) is 27.8. The normalized spacial score (nSPS) is 19.9. The Bertz CT molecular complexity index is 681. The van der Waals surface area contributed by atoms with Crippen LogP contribution in [0.4, 0.5) is 0 Å². The van der Waals surface area contributed by atoms with Gasteiger partial charge in [0.05, 0.1) is 20.8 Å².